The summed E-state index contributed by atoms with van der Waals surface area (Å²) >= 11 is 0. The minimum Gasteiger partial charge on any atom is -0.312 e. The molecule has 0 saturated heterocycles. The summed E-state index contributed by atoms with van der Waals surface area (Å²) in [7, 11) is 0. The molecule has 1 N–H and O–H groups in total. The van der Waals surface area contributed by atoms with Crippen molar-refractivity contribution >= 4 is 0 Å². The molecule has 0 aliphatic carbocycles. The van der Waals surface area contributed by atoms with Gasteiger partial charge in [0.1, 0.15) is 0 Å². The first-order valence-corrected chi connectivity index (χ1v) is 4.88. The highest BCUT2D eigenvalue weighted by Gasteiger charge is 2.26. The van der Waals surface area contributed by atoms with Gasteiger partial charge >= 0.3 is 0 Å². The quantitative estimate of drug-likeness (QED) is 0.672. The van der Waals surface area contributed by atoms with Gasteiger partial charge in [0.05, 0.1) is 11.6 Å². The number of benzene rings is 1. The predicted octanol–water partition coefficient (Wildman–Crippen LogP) is 1.94. The summed E-state index contributed by atoms with van der Waals surface area (Å²) in [5.41, 5.74) is 3.57. The van der Waals surface area contributed by atoms with Crippen LogP contribution in [0.3, 0.4) is 0 Å². The van der Waals surface area contributed by atoms with E-state index in [0.717, 1.165) is 18.7 Å². The molecule has 72 valence electrons. The van der Waals surface area contributed by atoms with Gasteiger partial charge in [0.25, 0.3) is 0 Å². The number of rotatable bonds is 0. The van der Waals surface area contributed by atoms with E-state index in [1.165, 1.54) is 11.1 Å². The van der Waals surface area contributed by atoms with Gasteiger partial charge in [-0.25, -0.2) is 0 Å². The first-order chi connectivity index (χ1) is 6.63. The lowest BCUT2D eigenvalue weighted by atomic mass is 9.79. The molecule has 0 amide bonds. The van der Waals surface area contributed by atoms with Crippen molar-refractivity contribution in [3.63, 3.8) is 0 Å². The lowest BCUT2D eigenvalue weighted by Crippen LogP contribution is -2.38. The third-order valence-electron chi connectivity index (χ3n) is 2.85. The fraction of sp³-hybridized carbons (Fsp3) is 0.417. The molecule has 2 heteroatoms. The zero-order valence-electron chi connectivity index (χ0n) is 8.59. The maximum atomic E-state index is 8.80. The molecule has 2 rings (SSSR count). The van der Waals surface area contributed by atoms with E-state index < -0.39 is 0 Å². The predicted molar refractivity (Wildman–Crippen MR) is 55.9 cm³/mol. The molecular weight excluding hydrogens is 172 g/mol. The summed E-state index contributed by atoms with van der Waals surface area (Å²) < 4.78 is 0. The molecule has 2 nitrogen and oxygen atoms in total. The van der Waals surface area contributed by atoms with Crippen LogP contribution < -0.4 is 5.32 Å². The second-order valence-electron chi connectivity index (χ2n) is 4.47. The Hall–Kier alpha value is -1.33. The summed E-state index contributed by atoms with van der Waals surface area (Å²) in [6, 6.07) is 8.17. The number of hydrogen-bond donors (Lipinski definition) is 1. The van der Waals surface area contributed by atoms with Crippen molar-refractivity contribution in [2.45, 2.75) is 25.8 Å². The topological polar surface area (TPSA) is 35.8 Å². The molecule has 0 unspecified atom stereocenters. The van der Waals surface area contributed by atoms with Crippen molar-refractivity contribution in [3.8, 4) is 6.07 Å². The summed E-state index contributed by atoms with van der Waals surface area (Å²) in [5.74, 6) is 0. The van der Waals surface area contributed by atoms with Gasteiger partial charge in [-0.3, -0.25) is 0 Å². The number of hydrogen-bond acceptors (Lipinski definition) is 2. The molecular formula is C12H14N2. The minimum atomic E-state index is 0.182. The molecule has 1 aliphatic rings. The van der Waals surface area contributed by atoms with Crippen LogP contribution >= 0.6 is 0 Å². The molecule has 0 bridgehead atoms. The molecule has 14 heavy (non-hydrogen) atoms. The number of nitrogens with one attached hydrogen (secondary N) is 1. The maximum Gasteiger partial charge on any atom is 0.0991 e. The Balaban J connectivity index is 2.53. The van der Waals surface area contributed by atoms with Crippen molar-refractivity contribution < 1.29 is 0 Å². The van der Waals surface area contributed by atoms with Gasteiger partial charge in [0.2, 0.25) is 0 Å². The van der Waals surface area contributed by atoms with Gasteiger partial charge in [-0.2, -0.15) is 5.26 Å². The van der Waals surface area contributed by atoms with Gasteiger partial charge < -0.3 is 5.32 Å². The Morgan fingerprint density at radius 3 is 2.93 bits per heavy atom. The number of nitrogens with zero attached hydrogens (tertiary/aromatic N) is 1. The van der Waals surface area contributed by atoms with Crippen molar-refractivity contribution in [2.24, 2.45) is 0 Å². The van der Waals surface area contributed by atoms with Crippen LogP contribution in [0.4, 0.5) is 0 Å². The van der Waals surface area contributed by atoms with E-state index in [-0.39, 0.29) is 5.41 Å². The molecule has 0 radical (unpaired) electrons. The van der Waals surface area contributed by atoms with Gasteiger partial charge in [0.15, 0.2) is 0 Å². The molecule has 0 spiro atoms. The van der Waals surface area contributed by atoms with Gasteiger partial charge in [-0.05, 0) is 23.3 Å². The van der Waals surface area contributed by atoms with E-state index in [4.69, 9.17) is 5.26 Å². The van der Waals surface area contributed by atoms with E-state index in [0.29, 0.717) is 0 Å². The molecule has 1 aliphatic heterocycles. The van der Waals surface area contributed by atoms with Crippen LogP contribution in [-0.4, -0.2) is 6.54 Å². The van der Waals surface area contributed by atoms with E-state index in [1.54, 1.807) is 0 Å². The van der Waals surface area contributed by atoms with Crippen LogP contribution in [-0.2, 0) is 12.0 Å². The summed E-state index contributed by atoms with van der Waals surface area (Å²) in [6.45, 7) is 6.34. The van der Waals surface area contributed by atoms with E-state index in [1.807, 2.05) is 12.1 Å². The molecule has 0 atom stereocenters. The SMILES string of the molecule is CC1(C)CNCc2cc(C#N)ccc21. The Morgan fingerprint density at radius 1 is 1.43 bits per heavy atom. The number of fused-ring (bicyclic) bond motifs is 1. The average Bonchev–Trinajstić information content (AvgIpc) is 2.16. The minimum absolute atomic E-state index is 0.182. The summed E-state index contributed by atoms with van der Waals surface area (Å²) in [5, 5.41) is 12.2. The smallest absolute Gasteiger partial charge is 0.0991 e. The van der Waals surface area contributed by atoms with E-state index in [2.05, 4.69) is 31.3 Å². The highest BCUT2D eigenvalue weighted by molar-refractivity contribution is 5.42. The monoisotopic (exact) mass is 186 g/mol. The van der Waals surface area contributed by atoms with Crippen molar-refractivity contribution in [2.75, 3.05) is 6.54 Å². The lowest BCUT2D eigenvalue weighted by Gasteiger charge is -2.33. The highest BCUT2D eigenvalue weighted by atomic mass is 14.9. The highest BCUT2D eigenvalue weighted by Crippen LogP contribution is 2.29. The second kappa shape index (κ2) is 3.11. The molecule has 1 heterocycles. The molecule has 0 aromatic heterocycles. The average molecular weight is 186 g/mol. The Bertz CT molecular complexity index is 399. The van der Waals surface area contributed by atoms with Crippen LogP contribution in [0.15, 0.2) is 18.2 Å². The Morgan fingerprint density at radius 2 is 2.21 bits per heavy atom. The normalized spacial score (nSPS) is 18.4. The Labute approximate surface area is 84.6 Å². The van der Waals surface area contributed by atoms with Crippen molar-refractivity contribution in [3.05, 3.63) is 34.9 Å². The largest absolute Gasteiger partial charge is 0.312 e. The van der Waals surface area contributed by atoms with E-state index in [9.17, 15) is 0 Å². The third kappa shape index (κ3) is 1.40. The summed E-state index contributed by atoms with van der Waals surface area (Å²) in [6.07, 6.45) is 0. The van der Waals surface area contributed by atoms with Crippen LogP contribution in [0.1, 0.15) is 30.5 Å². The van der Waals surface area contributed by atoms with Gasteiger partial charge in [0, 0.05) is 18.5 Å². The zero-order chi connectivity index (χ0) is 10.2. The maximum absolute atomic E-state index is 8.80. The molecule has 1 aromatic carbocycles. The van der Waals surface area contributed by atoms with Crippen molar-refractivity contribution in [1.29, 1.82) is 5.26 Å². The van der Waals surface area contributed by atoms with Crippen LogP contribution in [0, 0.1) is 11.3 Å². The van der Waals surface area contributed by atoms with Crippen molar-refractivity contribution in [1.82, 2.24) is 5.32 Å². The van der Waals surface area contributed by atoms with E-state index >= 15 is 0 Å². The Kier molecular flexibility index (Phi) is 2.05. The number of nitriles is 1. The standard InChI is InChI=1S/C12H14N2/c1-12(2)8-14-7-10-5-9(6-13)3-4-11(10)12/h3-5,14H,7-8H2,1-2H3. The van der Waals surface area contributed by atoms with Gasteiger partial charge in [-0.15, -0.1) is 0 Å². The second-order valence-corrected chi connectivity index (χ2v) is 4.47. The summed E-state index contributed by atoms with van der Waals surface area (Å²) in [4.78, 5) is 0. The van der Waals surface area contributed by atoms with Crippen LogP contribution in [0.2, 0.25) is 0 Å². The zero-order valence-corrected chi connectivity index (χ0v) is 8.59. The molecule has 0 saturated carbocycles. The first kappa shape index (κ1) is 9.23. The third-order valence-corrected chi connectivity index (χ3v) is 2.85. The molecule has 1 aromatic rings. The molecule has 0 fully saturated rings. The lowest BCUT2D eigenvalue weighted by molar-refractivity contribution is 0.435. The van der Waals surface area contributed by atoms with Crippen LogP contribution in [0.25, 0.3) is 0 Å². The van der Waals surface area contributed by atoms with Crippen LogP contribution in [0.5, 0.6) is 0 Å². The first-order valence-electron chi connectivity index (χ1n) is 4.88. The fourth-order valence-corrected chi connectivity index (χ4v) is 2.07. The van der Waals surface area contributed by atoms with Gasteiger partial charge in [-0.1, -0.05) is 19.9 Å². The fourth-order valence-electron chi connectivity index (χ4n) is 2.07.